The quantitative estimate of drug-likeness (QED) is 0.886. The van der Waals surface area contributed by atoms with Crippen LogP contribution >= 0.6 is 11.6 Å². The molecule has 1 aromatic carbocycles. The molecule has 0 spiro atoms. The molecule has 1 aliphatic rings. The van der Waals surface area contributed by atoms with E-state index in [-0.39, 0.29) is 5.02 Å². The molecule has 0 atom stereocenters. The molecule has 0 radical (unpaired) electrons. The van der Waals surface area contributed by atoms with Crippen LogP contribution in [0.15, 0.2) is 17.0 Å². The van der Waals surface area contributed by atoms with Crippen LogP contribution in [0.3, 0.4) is 0 Å². The monoisotopic (exact) mass is 263 g/mol. The number of nitrogens with two attached hydrogens (primary N) is 1. The molecule has 0 aliphatic heterocycles. The van der Waals surface area contributed by atoms with Crippen molar-refractivity contribution in [3.05, 3.63) is 28.5 Å². The summed E-state index contributed by atoms with van der Waals surface area (Å²) in [6, 6.07) is 2.60. The van der Waals surface area contributed by atoms with Gasteiger partial charge in [0.2, 0.25) is 0 Å². The molecular weight excluding hydrogens is 253 g/mol. The van der Waals surface area contributed by atoms with Crippen molar-refractivity contribution < 1.29 is 12.8 Å². The number of benzene rings is 1. The van der Waals surface area contributed by atoms with Crippen LogP contribution in [0.5, 0.6) is 0 Å². The maximum atomic E-state index is 13.6. The molecule has 1 saturated carbocycles. The topological polar surface area (TPSA) is 60.2 Å². The van der Waals surface area contributed by atoms with Gasteiger partial charge in [0, 0.05) is 11.8 Å². The predicted octanol–water partition coefficient (Wildman–Crippen LogP) is 1.83. The molecule has 16 heavy (non-hydrogen) atoms. The Kier molecular flexibility index (Phi) is 2.53. The summed E-state index contributed by atoms with van der Waals surface area (Å²) in [6.07, 6.45) is 2.45. The number of halogens is 2. The van der Waals surface area contributed by atoms with Gasteiger partial charge in [0.05, 0.1) is 5.02 Å². The van der Waals surface area contributed by atoms with Gasteiger partial charge in [-0.05, 0) is 30.5 Å². The second kappa shape index (κ2) is 3.42. The Bertz CT molecular complexity index is 529. The van der Waals surface area contributed by atoms with Gasteiger partial charge in [0.1, 0.15) is 10.7 Å². The minimum absolute atomic E-state index is 0.103. The maximum Gasteiger partial charge on any atom is 0.179 e. The molecular formula is C10H11ClFNO2S. The normalized spacial score (nSPS) is 18.5. The van der Waals surface area contributed by atoms with Crippen molar-refractivity contribution in [1.82, 2.24) is 0 Å². The summed E-state index contributed by atoms with van der Waals surface area (Å²) < 4.78 is 36.2. The molecule has 3 nitrogen and oxygen atoms in total. The highest BCUT2D eigenvalue weighted by molar-refractivity contribution is 7.90. The fourth-order valence-corrected chi connectivity index (χ4v) is 3.08. The Balaban J connectivity index is 2.61. The molecule has 0 amide bonds. The van der Waals surface area contributed by atoms with E-state index in [0.717, 1.165) is 25.2 Å². The number of hydrogen-bond donors (Lipinski definition) is 1. The Labute approximate surface area is 98.3 Å². The van der Waals surface area contributed by atoms with Gasteiger partial charge in [-0.3, -0.25) is 0 Å². The molecule has 0 unspecified atom stereocenters. The second-order valence-corrected chi connectivity index (χ2v) is 6.56. The van der Waals surface area contributed by atoms with E-state index >= 15 is 0 Å². The van der Waals surface area contributed by atoms with Gasteiger partial charge in [-0.25, -0.2) is 12.8 Å². The van der Waals surface area contributed by atoms with Crippen LogP contribution < -0.4 is 5.73 Å². The summed E-state index contributed by atoms with van der Waals surface area (Å²) in [5.41, 5.74) is 5.92. The van der Waals surface area contributed by atoms with Gasteiger partial charge in [-0.1, -0.05) is 11.6 Å². The summed E-state index contributed by atoms with van der Waals surface area (Å²) >= 11 is 5.78. The van der Waals surface area contributed by atoms with Crippen molar-refractivity contribution in [2.75, 3.05) is 6.26 Å². The Morgan fingerprint density at radius 2 is 2.00 bits per heavy atom. The lowest BCUT2D eigenvalue weighted by molar-refractivity contribution is 0.566. The van der Waals surface area contributed by atoms with Crippen LogP contribution in [-0.2, 0) is 15.4 Å². The van der Waals surface area contributed by atoms with Gasteiger partial charge in [0.15, 0.2) is 9.84 Å². The first-order chi connectivity index (χ1) is 7.24. The lowest BCUT2D eigenvalue weighted by atomic mass is 10.1. The second-order valence-electron chi connectivity index (χ2n) is 4.20. The first-order valence-electron chi connectivity index (χ1n) is 4.72. The fraction of sp³-hybridized carbons (Fsp3) is 0.400. The van der Waals surface area contributed by atoms with Crippen molar-refractivity contribution in [3.63, 3.8) is 0 Å². The third-order valence-electron chi connectivity index (χ3n) is 2.73. The highest BCUT2D eigenvalue weighted by atomic mass is 35.5. The summed E-state index contributed by atoms with van der Waals surface area (Å²) in [6.45, 7) is 0. The molecule has 1 aromatic rings. The van der Waals surface area contributed by atoms with E-state index in [4.69, 9.17) is 17.3 Å². The van der Waals surface area contributed by atoms with Crippen LogP contribution in [0.2, 0.25) is 5.02 Å². The molecule has 1 aliphatic carbocycles. The van der Waals surface area contributed by atoms with E-state index in [2.05, 4.69) is 0 Å². The van der Waals surface area contributed by atoms with E-state index in [0.29, 0.717) is 5.56 Å². The van der Waals surface area contributed by atoms with Gasteiger partial charge in [0.25, 0.3) is 0 Å². The first kappa shape index (κ1) is 11.8. The summed E-state index contributed by atoms with van der Waals surface area (Å²) in [4.78, 5) is -0.456. The molecule has 2 rings (SSSR count). The van der Waals surface area contributed by atoms with Crippen molar-refractivity contribution in [3.8, 4) is 0 Å². The summed E-state index contributed by atoms with van der Waals surface area (Å²) in [5, 5.41) is -0.103. The molecule has 88 valence electrons. The Morgan fingerprint density at radius 3 is 2.38 bits per heavy atom. The summed E-state index contributed by atoms with van der Waals surface area (Å²) in [7, 11) is -3.65. The van der Waals surface area contributed by atoms with Crippen LogP contribution in [0.25, 0.3) is 0 Å². The van der Waals surface area contributed by atoms with Crippen LogP contribution in [0, 0.1) is 5.82 Å². The smallest absolute Gasteiger partial charge is 0.179 e. The lowest BCUT2D eigenvalue weighted by Gasteiger charge is -2.12. The third kappa shape index (κ3) is 1.95. The molecule has 2 N–H and O–H groups in total. The Morgan fingerprint density at radius 1 is 1.44 bits per heavy atom. The first-order valence-corrected chi connectivity index (χ1v) is 6.99. The van der Waals surface area contributed by atoms with Crippen molar-refractivity contribution in [2.45, 2.75) is 23.3 Å². The molecule has 0 aromatic heterocycles. The highest BCUT2D eigenvalue weighted by Crippen LogP contribution is 2.44. The van der Waals surface area contributed by atoms with E-state index < -0.39 is 26.1 Å². The average molecular weight is 264 g/mol. The molecule has 1 fully saturated rings. The zero-order chi connectivity index (χ0) is 12.1. The molecule has 0 bridgehead atoms. The van der Waals surface area contributed by atoms with Crippen LogP contribution in [0.1, 0.15) is 18.4 Å². The Hall–Kier alpha value is -0.650. The van der Waals surface area contributed by atoms with E-state index in [9.17, 15) is 12.8 Å². The van der Waals surface area contributed by atoms with Crippen molar-refractivity contribution in [1.29, 1.82) is 0 Å². The fourth-order valence-electron chi connectivity index (χ4n) is 1.62. The van der Waals surface area contributed by atoms with Crippen LogP contribution in [0.4, 0.5) is 4.39 Å². The predicted molar refractivity (Wildman–Crippen MR) is 59.6 cm³/mol. The minimum atomic E-state index is -3.65. The lowest BCUT2D eigenvalue weighted by Crippen LogP contribution is -2.19. The number of rotatable bonds is 2. The van der Waals surface area contributed by atoms with Crippen molar-refractivity contribution in [2.24, 2.45) is 5.73 Å². The molecule has 6 heteroatoms. The van der Waals surface area contributed by atoms with Gasteiger partial charge in [-0.2, -0.15) is 0 Å². The zero-order valence-corrected chi connectivity index (χ0v) is 10.2. The van der Waals surface area contributed by atoms with Gasteiger partial charge in [-0.15, -0.1) is 0 Å². The summed E-state index contributed by atoms with van der Waals surface area (Å²) in [5.74, 6) is -0.832. The maximum absolute atomic E-state index is 13.6. The van der Waals surface area contributed by atoms with E-state index in [1.54, 1.807) is 0 Å². The molecule has 0 heterocycles. The van der Waals surface area contributed by atoms with Crippen LogP contribution in [-0.4, -0.2) is 14.7 Å². The number of hydrogen-bond acceptors (Lipinski definition) is 3. The van der Waals surface area contributed by atoms with E-state index in [1.165, 1.54) is 6.07 Å². The average Bonchev–Trinajstić information content (AvgIpc) is 2.80. The third-order valence-corrected chi connectivity index (χ3v) is 4.30. The highest BCUT2D eigenvalue weighted by Gasteiger charge is 2.41. The standard InChI is InChI=1S/C10H11ClFNO2S/c1-16(14,15)9-7(11)4-6(5-8(9)12)10(13)2-3-10/h4-5H,2-3,13H2,1H3. The van der Waals surface area contributed by atoms with E-state index in [1.807, 2.05) is 0 Å². The van der Waals surface area contributed by atoms with Crippen molar-refractivity contribution >= 4 is 21.4 Å². The number of sulfone groups is 1. The van der Waals surface area contributed by atoms with Gasteiger partial charge >= 0.3 is 0 Å². The zero-order valence-electron chi connectivity index (χ0n) is 8.63. The largest absolute Gasteiger partial charge is 0.321 e. The minimum Gasteiger partial charge on any atom is -0.321 e. The molecule has 0 saturated heterocycles. The van der Waals surface area contributed by atoms with Gasteiger partial charge < -0.3 is 5.73 Å². The SMILES string of the molecule is CS(=O)(=O)c1c(F)cc(C2(N)CC2)cc1Cl.